The second kappa shape index (κ2) is 8.47. The van der Waals surface area contributed by atoms with E-state index < -0.39 is 8.07 Å². The van der Waals surface area contributed by atoms with Gasteiger partial charge in [-0.1, -0.05) is 58.9 Å². The molecule has 160 valence electrons. The van der Waals surface area contributed by atoms with E-state index in [4.69, 9.17) is 9.26 Å². The smallest absolute Gasteiger partial charge is 0.231 e. The normalized spacial score (nSPS) is 14.2. The lowest BCUT2D eigenvalue weighted by Crippen LogP contribution is -2.36. The zero-order valence-electron chi connectivity index (χ0n) is 18.1. The lowest BCUT2D eigenvalue weighted by atomic mass is 10.1. The van der Waals surface area contributed by atoms with E-state index in [0.29, 0.717) is 6.54 Å². The number of benzene rings is 2. The fourth-order valence-corrected chi connectivity index (χ4v) is 4.77. The predicted octanol–water partition coefficient (Wildman–Crippen LogP) is 5.47. The van der Waals surface area contributed by atoms with E-state index in [-0.39, 0.29) is 12.3 Å². The fourth-order valence-electron chi connectivity index (χ4n) is 3.54. The first-order valence-corrected chi connectivity index (χ1v) is 14.4. The van der Waals surface area contributed by atoms with Crippen molar-refractivity contribution in [3.63, 3.8) is 0 Å². The maximum Gasteiger partial charge on any atom is 0.231 e. The van der Waals surface area contributed by atoms with E-state index in [1.54, 1.807) is 7.11 Å². The molecule has 4 rings (SSSR count). The van der Waals surface area contributed by atoms with Crippen LogP contribution in [0.2, 0.25) is 19.6 Å². The molecule has 0 radical (unpaired) electrons. The average Bonchev–Trinajstić information content (AvgIpc) is 3.19. The Hall–Kier alpha value is -2.64. The number of ether oxygens (including phenoxy) is 1. The van der Waals surface area contributed by atoms with Gasteiger partial charge >= 0.3 is 0 Å². The molecule has 0 aliphatic carbocycles. The van der Waals surface area contributed by atoms with Crippen LogP contribution in [0.4, 0.5) is 5.69 Å². The van der Waals surface area contributed by atoms with Crippen molar-refractivity contribution in [2.75, 3.05) is 12.0 Å². The van der Waals surface area contributed by atoms with Crippen LogP contribution in [0.3, 0.4) is 0 Å². The molecule has 3 aromatic rings. The maximum absolute atomic E-state index is 13.4. The number of amides is 1. The van der Waals surface area contributed by atoms with Crippen LogP contribution in [-0.2, 0) is 11.3 Å². The molecule has 7 heteroatoms. The van der Waals surface area contributed by atoms with Crippen LogP contribution >= 0.6 is 15.9 Å². The topological polar surface area (TPSA) is 55.6 Å². The minimum Gasteiger partial charge on any atom is -0.497 e. The number of aromatic nitrogens is 1. The lowest BCUT2D eigenvalue weighted by Gasteiger charge is -2.23. The number of carbonyl (C=O) groups excluding carboxylic acids is 1. The predicted molar refractivity (Wildman–Crippen MR) is 130 cm³/mol. The summed E-state index contributed by atoms with van der Waals surface area (Å²) in [5, 5.41) is 5.23. The van der Waals surface area contributed by atoms with Gasteiger partial charge in [0.15, 0.2) is 0 Å². The van der Waals surface area contributed by atoms with Crippen molar-refractivity contribution in [3.05, 3.63) is 69.8 Å². The van der Waals surface area contributed by atoms with Crippen molar-refractivity contribution in [3.8, 4) is 5.75 Å². The monoisotopic (exact) mass is 496 g/mol. The molecule has 2 heterocycles. The standard InChI is InChI=1S/C24H25BrN2O3Si/c1-29-20-9-5-16(6-10-20)15-27-22-13-19(25)8-7-17(22)11-18(12-23(27)28)21-14-24(30-26-21)31(2,3)4/h5-11,13-14H,12,15H2,1-4H3. The number of halogens is 1. The Morgan fingerprint density at radius 2 is 1.87 bits per heavy atom. The Kier molecular flexibility index (Phi) is 5.90. The molecule has 0 N–H and O–H groups in total. The van der Waals surface area contributed by atoms with E-state index in [9.17, 15) is 4.79 Å². The largest absolute Gasteiger partial charge is 0.497 e. The number of carbonyl (C=O) groups is 1. The van der Waals surface area contributed by atoms with Gasteiger partial charge in [-0.3, -0.25) is 4.79 Å². The Morgan fingerprint density at radius 3 is 2.52 bits per heavy atom. The second-order valence-corrected chi connectivity index (χ2v) is 14.6. The van der Waals surface area contributed by atoms with Crippen LogP contribution in [0, 0.1) is 0 Å². The molecule has 0 unspecified atom stereocenters. The number of fused-ring (bicyclic) bond motifs is 1. The molecule has 31 heavy (non-hydrogen) atoms. The van der Waals surface area contributed by atoms with Gasteiger partial charge in [-0.2, -0.15) is 0 Å². The number of hydrogen-bond acceptors (Lipinski definition) is 4. The van der Waals surface area contributed by atoms with E-state index >= 15 is 0 Å². The minimum atomic E-state index is -1.63. The summed E-state index contributed by atoms with van der Waals surface area (Å²) in [6.07, 6.45) is 2.32. The van der Waals surface area contributed by atoms with Gasteiger partial charge in [0.05, 0.1) is 25.8 Å². The molecule has 0 bridgehead atoms. The minimum absolute atomic E-state index is 0.0245. The molecule has 0 atom stereocenters. The third kappa shape index (κ3) is 4.67. The SMILES string of the molecule is COc1ccc(CN2C(=O)CC(c3cc([Si](C)(C)C)on3)=Cc3ccc(Br)cc32)cc1. The highest BCUT2D eigenvalue weighted by atomic mass is 79.9. The van der Waals surface area contributed by atoms with Crippen LogP contribution in [0.1, 0.15) is 23.2 Å². The first-order chi connectivity index (χ1) is 14.7. The number of nitrogens with zero attached hydrogens (tertiary/aromatic N) is 2. The molecule has 1 aromatic heterocycles. The first kappa shape index (κ1) is 21.6. The van der Waals surface area contributed by atoms with E-state index in [2.05, 4.69) is 46.8 Å². The second-order valence-electron chi connectivity index (χ2n) is 8.70. The highest BCUT2D eigenvalue weighted by Gasteiger charge is 2.28. The molecule has 0 saturated heterocycles. The summed E-state index contributed by atoms with van der Waals surface area (Å²) in [4.78, 5) is 15.2. The zero-order chi connectivity index (χ0) is 22.2. The molecular formula is C24H25BrN2O3Si. The van der Waals surface area contributed by atoms with Gasteiger partial charge in [0.2, 0.25) is 5.91 Å². The van der Waals surface area contributed by atoms with E-state index in [0.717, 1.165) is 43.7 Å². The summed E-state index contributed by atoms with van der Waals surface area (Å²) < 4.78 is 11.8. The first-order valence-electron chi connectivity index (χ1n) is 10.2. The van der Waals surface area contributed by atoms with Crippen LogP contribution in [-0.4, -0.2) is 26.2 Å². The van der Waals surface area contributed by atoms with Crippen molar-refractivity contribution >= 4 is 52.6 Å². The molecule has 5 nitrogen and oxygen atoms in total. The number of methoxy groups -OCH3 is 1. The summed E-state index contributed by atoms with van der Waals surface area (Å²) in [7, 11) is 0.0193. The molecule has 1 aliphatic heterocycles. The highest BCUT2D eigenvalue weighted by molar-refractivity contribution is 9.10. The quantitative estimate of drug-likeness (QED) is 0.439. The maximum atomic E-state index is 13.4. The Morgan fingerprint density at radius 1 is 1.13 bits per heavy atom. The van der Waals surface area contributed by atoms with Crippen LogP contribution in [0.25, 0.3) is 11.6 Å². The van der Waals surface area contributed by atoms with Gasteiger partial charge in [-0.25, -0.2) is 0 Å². The average molecular weight is 497 g/mol. The van der Waals surface area contributed by atoms with Gasteiger partial charge in [0.25, 0.3) is 0 Å². The van der Waals surface area contributed by atoms with Crippen molar-refractivity contribution in [2.45, 2.75) is 32.6 Å². The van der Waals surface area contributed by atoms with Gasteiger partial charge in [0, 0.05) is 10.5 Å². The molecule has 0 fully saturated rings. The number of hydrogen-bond donors (Lipinski definition) is 0. The van der Waals surface area contributed by atoms with Crippen LogP contribution in [0.5, 0.6) is 5.75 Å². The fraction of sp³-hybridized carbons (Fsp3) is 0.250. The van der Waals surface area contributed by atoms with Crippen molar-refractivity contribution in [1.29, 1.82) is 0 Å². The Bertz CT molecular complexity index is 1150. The molecule has 0 spiro atoms. The third-order valence-corrected chi connectivity index (χ3v) is 7.54. The summed E-state index contributed by atoms with van der Waals surface area (Å²) >= 11 is 3.55. The number of anilines is 1. The van der Waals surface area contributed by atoms with Crippen LogP contribution in [0.15, 0.2) is 57.5 Å². The van der Waals surface area contributed by atoms with Crippen molar-refractivity contribution in [2.24, 2.45) is 0 Å². The molecule has 2 aromatic carbocycles. The van der Waals surface area contributed by atoms with Gasteiger partial charge < -0.3 is 14.2 Å². The molecule has 1 aliphatic rings. The van der Waals surface area contributed by atoms with Crippen molar-refractivity contribution < 1.29 is 14.1 Å². The van der Waals surface area contributed by atoms with Gasteiger partial charge in [-0.15, -0.1) is 0 Å². The van der Waals surface area contributed by atoms with Crippen molar-refractivity contribution in [1.82, 2.24) is 5.16 Å². The van der Waals surface area contributed by atoms with Gasteiger partial charge in [-0.05, 0) is 47.0 Å². The zero-order valence-corrected chi connectivity index (χ0v) is 20.7. The Labute approximate surface area is 191 Å². The van der Waals surface area contributed by atoms with Gasteiger partial charge in [0.1, 0.15) is 24.9 Å². The van der Waals surface area contributed by atoms with Crippen LogP contribution < -0.4 is 15.0 Å². The summed E-state index contributed by atoms with van der Waals surface area (Å²) in [5.74, 6) is 0.818. The molecular weight excluding hydrogens is 472 g/mol. The lowest BCUT2D eigenvalue weighted by molar-refractivity contribution is -0.117. The molecule has 1 amide bonds. The summed E-state index contributed by atoms with van der Waals surface area (Å²) in [5.41, 5.74) is 4.50. The summed E-state index contributed by atoms with van der Waals surface area (Å²) in [6.45, 7) is 7.13. The Balaban J connectivity index is 1.71. The molecule has 0 saturated carbocycles. The number of rotatable bonds is 5. The third-order valence-electron chi connectivity index (χ3n) is 5.33. The summed E-state index contributed by atoms with van der Waals surface area (Å²) in [6, 6.07) is 15.8. The van der Waals surface area contributed by atoms with E-state index in [1.807, 2.05) is 53.4 Å². The van der Waals surface area contributed by atoms with E-state index in [1.165, 1.54) is 0 Å². The highest BCUT2D eigenvalue weighted by Crippen LogP contribution is 2.35.